The second kappa shape index (κ2) is 8.24. The Labute approximate surface area is 171 Å². The highest BCUT2D eigenvalue weighted by molar-refractivity contribution is 6.56. The van der Waals surface area contributed by atoms with Crippen molar-refractivity contribution in [2.75, 3.05) is 6.54 Å². The van der Waals surface area contributed by atoms with Crippen LogP contribution in [-0.4, -0.2) is 47.8 Å². The van der Waals surface area contributed by atoms with Crippen molar-refractivity contribution < 1.29 is 28.0 Å². The number of carbonyl (C=O) groups excluding carboxylic acids is 2. The average Bonchev–Trinajstić information content (AvgIpc) is 2.77. The number of carbonyl (C=O) groups is 2. The zero-order valence-corrected chi connectivity index (χ0v) is 18.0. The molecule has 1 aromatic rings. The van der Waals surface area contributed by atoms with Crippen LogP contribution in [-0.2, 0) is 14.0 Å². The molecule has 1 aliphatic heterocycles. The van der Waals surface area contributed by atoms with Gasteiger partial charge in [-0.05, 0) is 65.6 Å². The van der Waals surface area contributed by atoms with Gasteiger partial charge in [0.1, 0.15) is 5.60 Å². The number of hydrogen-bond acceptors (Lipinski definition) is 6. The normalized spacial score (nSPS) is 18.5. The predicted molar refractivity (Wildman–Crippen MR) is 108 cm³/mol. The molecule has 9 heteroatoms. The van der Waals surface area contributed by atoms with Crippen molar-refractivity contribution in [1.82, 2.24) is 10.3 Å². The van der Waals surface area contributed by atoms with Gasteiger partial charge in [-0.1, -0.05) is 6.08 Å². The van der Waals surface area contributed by atoms with Crippen LogP contribution >= 0.6 is 0 Å². The number of hydrogen-bond donors (Lipinski definition) is 1. The van der Waals surface area contributed by atoms with Crippen molar-refractivity contribution in [2.24, 2.45) is 0 Å². The van der Waals surface area contributed by atoms with Crippen LogP contribution in [0.5, 0.6) is 0 Å². The van der Waals surface area contributed by atoms with Crippen LogP contribution in [0.1, 0.15) is 64.4 Å². The van der Waals surface area contributed by atoms with Gasteiger partial charge in [0.25, 0.3) is 0 Å². The minimum atomic E-state index is -0.873. The topological polar surface area (TPSA) is 86.8 Å². The molecule has 1 N–H and O–H groups in total. The molecule has 7 nitrogen and oxygen atoms in total. The number of pyridine rings is 1. The van der Waals surface area contributed by atoms with E-state index < -0.39 is 36.0 Å². The summed E-state index contributed by atoms with van der Waals surface area (Å²) in [6, 6.07) is 1.51. The maximum Gasteiger partial charge on any atom is 0.492 e. The number of nitrogens with one attached hydrogen (secondary N) is 1. The van der Waals surface area contributed by atoms with Crippen LogP contribution in [0, 0.1) is 5.95 Å². The summed E-state index contributed by atoms with van der Waals surface area (Å²) in [4.78, 5) is 26.9. The fourth-order valence-corrected chi connectivity index (χ4v) is 2.59. The number of alkyl carbamates (subject to hydrolysis) is 1. The number of aromatic nitrogens is 1. The zero-order chi connectivity index (χ0) is 22.0. The van der Waals surface area contributed by atoms with Gasteiger partial charge < -0.3 is 19.4 Å². The summed E-state index contributed by atoms with van der Waals surface area (Å²) in [6.07, 6.45) is 2.61. The van der Waals surface area contributed by atoms with Crippen molar-refractivity contribution in [3.8, 4) is 0 Å². The van der Waals surface area contributed by atoms with Crippen LogP contribution < -0.4 is 5.32 Å². The van der Waals surface area contributed by atoms with Crippen molar-refractivity contribution in [1.29, 1.82) is 0 Å². The lowest BCUT2D eigenvalue weighted by atomic mass is 9.76. The molecular weight excluding hydrogens is 378 g/mol. The number of nitrogens with zero attached hydrogens (tertiary/aromatic N) is 1. The molecule has 2 rings (SSSR count). The highest BCUT2D eigenvalue weighted by Crippen LogP contribution is 2.38. The number of rotatable bonds is 5. The molecule has 2 heterocycles. The molecule has 0 spiro atoms. The van der Waals surface area contributed by atoms with Gasteiger partial charge in [-0.3, -0.25) is 4.79 Å². The molecule has 1 aromatic heterocycles. The van der Waals surface area contributed by atoms with Crippen LogP contribution in [0.15, 0.2) is 17.7 Å². The Morgan fingerprint density at radius 3 is 2.38 bits per heavy atom. The molecule has 0 radical (unpaired) electrons. The molecule has 1 aliphatic rings. The summed E-state index contributed by atoms with van der Waals surface area (Å²) >= 11 is 0. The van der Waals surface area contributed by atoms with E-state index in [4.69, 9.17) is 14.0 Å². The highest BCUT2D eigenvalue weighted by Gasteiger charge is 2.52. The molecule has 1 fully saturated rings. The SMILES string of the molecule is CC(C)(C)OC(=O)NCC(=Cc1ccnc(F)c1C=O)B1OC(C)(C)C(C)(C)O1. The Morgan fingerprint density at radius 2 is 1.86 bits per heavy atom. The van der Waals surface area contributed by atoms with E-state index in [1.165, 1.54) is 12.3 Å². The largest absolute Gasteiger partial charge is 0.492 e. The van der Waals surface area contributed by atoms with E-state index >= 15 is 0 Å². The Balaban J connectivity index is 2.36. The van der Waals surface area contributed by atoms with Gasteiger partial charge in [0.05, 0.1) is 16.8 Å². The fraction of sp³-hybridized carbons (Fsp3) is 0.550. The average molecular weight is 406 g/mol. The second-order valence-corrected chi connectivity index (χ2v) is 8.89. The number of ether oxygens (including phenoxy) is 1. The standard InChI is InChI=1S/C20H28BFN2O5/c1-18(2,3)27-17(26)24-11-14(21-28-19(4,5)20(6,7)29-21)10-13-8-9-23-16(22)15(13)12-25/h8-10,12H,11H2,1-7H3,(H,24,26). The Hall–Kier alpha value is -2.26. The molecule has 158 valence electrons. The fourth-order valence-electron chi connectivity index (χ4n) is 2.59. The quantitative estimate of drug-likeness (QED) is 0.457. The lowest BCUT2D eigenvalue weighted by Gasteiger charge is -2.32. The second-order valence-electron chi connectivity index (χ2n) is 8.89. The van der Waals surface area contributed by atoms with E-state index in [0.29, 0.717) is 17.3 Å². The summed E-state index contributed by atoms with van der Waals surface area (Å²) in [6.45, 7) is 12.9. The third kappa shape index (κ3) is 5.64. The molecule has 0 unspecified atom stereocenters. The van der Waals surface area contributed by atoms with Crippen molar-refractivity contribution >= 4 is 25.6 Å². The predicted octanol–water partition coefficient (Wildman–Crippen LogP) is 3.57. The lowest BCUT2D eigenvalue weighted by molar-refractivity contribution is 0.00578. The smallest absolute Gasteiger partial charge is 0.444 e. The van der Waals surface area contributed by atoms with Gasteiger partial charge in [-0.15, -0.1) is 0 Å². The van der Waals surface area contributed by atoms with E-state index in [-0.39, 0.29) is 12.1 Å². The van der Waals surface area contributed by atoms with Crippen molar-refractivity contribution in [3.05, 3.63) is 34.8 Å². The number of amides is 1. The Morgan fingerprint density at radius 1 is 1.28 bits per heavy atom. The molecule has 1 saturated heterocycles. The van der Waals surface area contributed by atoms with Gasteiger partial charge in [-0.25, -0.2) is 9.78 Å². The third-order valence-corrected chi connectivity index (χ3v) is 4.83. The number of aldehydes is 1. The molecule has 1 amide bonds. The monoisotopic (exact) mass is 406 g/mol. The minimum absolute atomic E-state index is 0.0218. The number of halogens is 1. The summed E-state index contributed by atoms with van der Waals surface area (Å²) in [5.74, 6) is -0.873. The molecule has 0 atom stereocenters. The minimum Gasteiger partial charge on any atom is -0.444 e. The van der Waals surface area contributed by atoms with E-state index in [9.17, 15) is 14.0 Å². The summed E-state index contributed by atoms with van der Waals surface area (Å²) in [7, 11) is -0.800. The molecule has 0 saturated carbocycles. The first-order valence-corrected chi connectivity index (χ1v) is 9.38. The first kappa shape index (κ1) is 23.0. The van der Waals surface area contributed by atoms with Crippen LogP contribution in [0.25, 0.3) is 6.08 Å². The lowest BCUT2D eigenvalue weighted by Crippen LogP contribution is -2.41. The maximum absolute atomic E-state index is 13.9. The van der Waals surface area contributed by atoms with E-state index in [1.807, 2.05) is 27.7 Å². The highest BCUT2D eigenvalue weighted by atomic mass is 19.1. The van der Waals surface area contributed by atoms with Crippen LogP contribution in [0.4, 0.5) is 9.18 Å². The Bertz CT molecular complexity index is 802. The molecule has 29 heavy (non-hydrogen) atoms. The van der Waals surface area contributed by atoms with Crippen molar-refractivity contribution in [2.45, 2.75) is 65.3 Å². The van der Waals surface area contributed by atoms with Gasteiger partial charge in [0, 0.05) is 12.7 Å². The van der Waals surface area contributed by atoms with Crippen molar-refractivity contribution in [3.63, 3.8) is 0 Å². The summed E-state index contributed by atoms with van der Waals surface area (Å²) in [5, 5.41) is 2.66. The first-order valence-electron chi connectivity index (χ1n) is 9.38. The van der Waals surface area contributed by atoms with Gasteiger partial charge in [0.15, 0.2) is 6.29 Å². The van der Waals surface area contributed by atoms with Crippen LogP contribution in [0.3, 0.4) is 0 Å². The zero-order valence-electron chi connectivity index (χ0n) is 18.0. The van der Waals surface area contributed by atoms with E-state index in [1.54, 1.807) is 26.8 Å². The van der Waals surface area contributed by atoms with E-state index in [2.05, 4.69) is 10.3 Å². The Kier molecular flexibility index (Phi) is 6.54. The van der Waals surface area contributed by atoms with Gasteiger partial charge in [0.2, 0.25) is 5.95 Å². The van der Waals surface area contributed by atoms with Gasteiger partial charge >= 0.3 is 13.2 Å². The van der Waals surface area contributed by atoms with E-state index in [0.717, 1.165) is 0 Å². The maximum atomic E-state index is 13.9. The molecule has 0 aromatic carbocycles. The summed E-state index contributed by atoms with van der Waals surface area (Å²) in [5.41, 5.74) is -1.25. The van der Waals surface area contributed by atoms with Gasteiger partial charge in [-0.2, -0.15) is 4.39 Å². The summed E-state index contributed by atoms with van der Waals surface area (Å²) < 4.78 is 31.3. The molecule has 0 aliphatic carbocycles. The first-order chi connectivity index (χ1) is 13.3. The van der Waals surface area contributed by atoms with Crippen LogP contribution in [0.2, 0.25) is 0 Å². The molecule has 0 bridgehead atoms. The third-order valence-electron chi connectivity index (χ3n) is 4.83. The molecular formula is C20H28BFN2O5.